The summed E-state index contributed by atoms with van der Waals surface area (Å²) in [6, 6.07) is 15.5. The van der Waals surface area contributed by atoms with Crippen molar-refractivity contribution in [3.8, 4) is 0 Å². The van der Waals surface area contributed by atoms with Crippen LogP contribution >= 0.6 is 0 Å². The molecule has 2 N–H and O–H groups in total. The summed E-state index contributed by atoms with van der Waals surface area (Å²) in [6.45, 7) is 1.47. The van der Waals surface area contributed by atoms with Crippen molar-refractivity contribution in [2.24, 2.45) is 0 Å². The standard InChI is InChI=1S/C29H28F3N3O4S/c1-2-40(38,39)23-12-7-19(8-13-23)26(17-36)33-28(37)21-9-14-24-25(15-21)34-35(27(24)20-5-6-20)16-18-3-10-22(11-4-18)29(30,31)32/h3-4,7-15,20,26,36H,2,5-6,16-17H2,1H3,(H,33,37). The van der Waals surface area contributed by atoms with Gasteiger partial charge in [0.1, 0.15) is 0 Å². The van der Waals surface area contributed by atoms with Crippen molar-refractivity contribution in [2.45, 2.75) is 49.3 Å². The number of aromatic nitrogens is 2. The van der Waals surface area contributed by atoms with Gasteiger partial charge in [0.25, 0.3) is 5.91 Å². The molecule has 0 saturated heterocycles. The number of fused-ring (bicyclic) bond motifs is 1. The molecule has 1 amide bonds. The van der Waals surface area contributed by atoms with Crippen molar-refractivity contribution in [1.29, 1.82) is 0 Å². The quantitative estimate of drug-likeness (QED) is 0.286. The summed E-state index contributed by atoms with van der Waals surface area (Å²) in [6.07, 6.45) is -2.41. The van der Waals surface area contributed by atoms with E-state index in [9.17, 15) is 31.5 Å². The zero-order valence-corrected chi connectivity index (χ0v) is 22.5. The van der Waals surface area contributed by atoms with E-state index >= 15 is 0 Å². The largest absolute Gasteiger partial charge is 0.416 e. The Kier molecular flexibility index (Phi) is 7.45. The van der Waals surface area contributed by atoms with Gasteiger partial charge in [0.05, 0.1) is 40.9 Å². The van der Waals surface area contributed by atoms with Crippen LogP contribution in [0.3, 0.4) is 0 Å². The monoisotopic (exact) mass is 571 g/mol. The average molecular weight is 572 g/mol. The molecule has 1 saturated carbocycles. The van der Waals surface area contributed by atoms with Crippen LogP contribution in [0.1, 0.15) is 64.5 Å². The third-order valence-corrected chi connectivity index (χ3v) is 8.88. The summed E-state index contributed by atoms with van der Waals surface area (Å²) in [5, 5.41) is 18.3. The highest BCUT2D eigenvalue weighted by atomic mass is 32.2. The first-order chi connectivity index (χ1) is 19.0. The number of aliphatic hydroxyl groups is 1. The van der Waals surface area contributed by atoms with Crippen LogP contribution in [-0.4, -0.2) is 41.6 Å². The Balaban J connectivity index is 1.37. The number of carbonyl (C=O) groups excluding carboxylic acids is 1. The Bertz CT molecular complexity index is 1640. The zero-order chi connectivity index (χ0) is 28.7. The van der Waals surface area contributed by atoms with Gasteiger partial charge in [0.2, 0.25) is 0 Å². The summed E-state index contributed by atoms with van der Waals surface area (Å²) in [7, 11) is -3.37. The van der Waals surface area contributed by atoms with E-state index in [4.69, 9.17) is 0 Å². The molecular formula is C29H28F3N3O4S. The van der Waals surface area contributed by atoms with Gasteiger partial charge in [-0.2, -0.15) is 18.3 Å². The number of nitrogens with zero attached hydrogens (tertiary/aromatic N) is 2. The van der Waals surface area contributed by atoms with E-state index in [-0.39, 0.29) is 17.3 Å². The third kappa shape index (κ3) is 5.75. The zero-order valence-electron chi connectivity index (χ0n) is 21.6. The Hall–Kier alpha value is -3.70. The van der Waals surface area contributed by atoms with Crippen molar-refractivity contribution < 1.29 is 31.5 Å². The first-order valence-electron chi connectivity index (χ1n) is 12.9. The molecule has 1 atom stereocenters. The van der Waals surface area contributed by atoms with Crippen molar-refractivity contribution in [3.63, 3.8) is 0 Å². The van der Waals surface area contributed by atoms with Crippen LogP contribution in [0, 0.1) is 0 Å². The topological polar surface area (TPSA) is 101 Å². The van der Waals surface area contributed by atoms with Crippen LogP contribution in [0.15, 0.2) is 71.6 Å². The number of carbonyl (C=O) groups is 1. The summed E-state index contributed by atoms with van der Waals surface area (Å²) in [5.41, 5.74) is 2.46. The lowest BCUT2D eigenvalue weighted by Crippen LogP contribution is -2.30. The molecule has 1 unspecified atom stereocenters. The highest BCUT2D eigenvalue weighted by molar-refractivity contribution is 7.91. The maximum Gasteiger partial charge on any atom is 0.416 e. The number of alkyl halides is 3. The van der Waals surface area contributed by atoms with E-state index in [0.717, 1.165) is 36.1 Å². The van der Waals surface area contributed by atoms with E-state index in [0.29, 0.717) is 34.7 Å². The summed E-state index contributed by atoms with van der Waals surface area (Å²) < 4.78 is 64.8. The summed E-state index contributed by atoms with van der Waals surface area (Å²) in [5.74, 6) is -0.161. The van der Waals surface area contributed by atoms with Gasteiger partial charge in [-0.25, -0.2) is 8.42 Å². The normalized spacial score (nSPS) is 14.8. The maximum absolute atomic E-state index is 13.1. The van der Waals surface area contributed by atoms with Gasteiger partial charge in [-0.05, 0) is 60.4 Å². The van der Waals surface area contributed by atoms with E-state index in [1.54, 1.807) is 35.9 Å². The molecule has 1 aliphatic carbocycles. The molecule has 0 spiro atoms. The third-order valence-electron chi connectivity index (χ3n) is 7.13. The lowest BCUT2D eigenvalue weighted by atomic mass is 10.1. The molecule has 11 heteroatoms. The smallest absolute Gasteiger partial charge is 0.394 e. The fourth-order valence-electron chi connectivity index (χ4n) is 4.73. The lowest BCUT2D eigenvalue weighted by Gasteiger charge is -2.17. The molecule has 1 heterocycles. The van der Waals surface area contributed by atoms with Crippen LogP contribution in [0.25, 0.3) is 10.9 Å². The Morgan fingerprint density at radius 3 is 2.33 bits per heavy atom. The maximum atomic E-state index is 13.1. The van der Waals surface area contributed by atoms with Gasteiger partial charge in [-0.1, -0.05) is 37.3 Å². The minimum absolute atomic E-state index is 0.0302. The number of amides is 1. The van der Waals surface area contributed by atoms with Crippen LogP contribution in [0.4, 0.5) is 13.2 Å². The molecular weight excluding hydrogens is 543 g/mol. The van der Waals surface area contributed by atoms with Crippen LogP contribution < -0.4 is 5.32 Å². The van der Waals surface area contributed by atoms with Crippen molar-refractivity contribution in [3.05, 3.63) is 94.7 Å². The fourth-order valence-corrected chi connectivity index (χ4v) is 5.61. The second-order valence-electron chi connectivity index (χ2n) is 9.92. The average Bonchev–Trinajstić information content (AvgIpc) is 3.71. The van der Waals surface area contributed by atoms with Gasteiger partial charge in [-0.15, -0.1) is 0 Å². The van der Waals surface area contributed by atoms with E-state index in [1.807, 2.05) is 6.07 Å². The molecule has 1 aromatic heterocycles. The minimum atomic E-state index is -4.40. The van der Waals surface area contributed by atoms with Gasteiger partial charge in [0, 0.05) is 22.6 Å². The molecule has 0 aliphatic heterocycles. The van der Waals surface area contributed by atoms with Crippen LogP contribution in [-0.2, 0) is 22.6 Å². The summed E-state index contributed by atoms with van der Waals surface area (Å²) in [4.78, 5) is 13.3. The van der Waals surface area contributed by atoms with E-state index < -0.39 is 33.5 Å². The number of hydrogen-bond acceptors (Lipinski definition) is 5. The van der Waals surface area contributed by atoms with E-state index in [2.05, 4.69) is 10.4 Å². The molecule has 0 radical (unpaired) electrons. The molecule has 1 fully saturated rings. The molecule has 4 aromatic rings. The second kappa shape index (κ2) is 10.7. The predicted octanol–water partition coefficient (Wildman–Crippen LogP) is 5.24. The van der Waals surface area contributed by atoms with Crippen molar-refractivity contribution >= 4 is 26.6 Å². The molecule has 210 valence electrons. The molecule has 1 aliphatic rings. The second-order valence-corrected chi connectivity index (χ2v) is 12.2. The number of hydrogen-bond donors (Lipinski definition) is 2. The SMILES string of the molecule is CCS(=O)(=O)c1ccc(C(CO)NC(=O)c2ccc3c(C4CC4)n(Cc4ccc(C(F)(F)F)cc4)nc3c2)cc1. The van der Waals surface area contributed by atoms with Crippen molar-refractivity contribution in [1.82, 2.24) is 15.1 Å². The number of sulfone groups is 1. The molecule has 5 rings (SSSR count). The van der Waals surface area contributed by atoms with Gasteiger partial charge in [-0.3, -0.25) is 9.48 Å². The molecule has 3 aromatic carbocycles. The van der Waals surface area contributed by atoms with Crippen molar-refractivity contribution in [2.75, 3.05) is 12.4 Å². The summed E-state index contributed by atoms with van der Waals surface area (Å²) >= 11 is 0. The molecule has 0 bridgehead atoms. The molecule has 7 nitrogen and oxygen atoms in total. The lowest BCUT2D eigenvalue weighted by molar-refractivity contribution is -0.137. The Morgan fingerprint density at radius 2 is 1.75 bits per heavy atom. The minimum Gasteiger partial charge on any atom is -0.394 e. The van der Waals surface area contributed by atoms with Gasteiger partial charge in [0.15, 0.2) is 9.84 Å². The number of aliphatic hydroxyl groups excluding tert-OH is 1. The predicted molar refractivity (Wildman–Crippen MR) is 144 cm³/mol. The number of halogens is 3. The number of rotatable bonds is 9. The number of benzene rings is 3. The highest BCUT2D eigenvalue weighted by Crippen LogP contribution is 2.43. The number of nitrogens with one attached hydrogen (secondary N) is 1. The Morgan fingerprint density at radius 1 is 1.07 bits per heavy atom. The van der Waals surface area contributed by atoms with Gasteiger partial charge >= 0.3 is 6.18 Å². The fraction of sp³-hybridized carbons (Fsp3) is 0.310. The molecule has 40 heavy (non-hydrogen) atoms. The van der Waals surface area contributed by atoms with Crippen LogP contribution in [0.2, 0.25) is 0 Å². The van der Waals surface area contributed by atoms with Crippen LogP contribution in [0.5, 0.6) is 0 Å². The van der Waals surface area contributed by atoms with Gasteiger partial charge < -0.3 is 10.4 Å². The Labute approximate surface area is 229 Å². The highest BCUT2D eigenvalue weighted by Gasteiger charge is 2.31. The first-order valence-corrected chi connectivity index (χ1v) is 14.6. The first kappa shape index (κ1) is 27.9. The van der Waals surface area contributed by atoms with E-state index in [1.165, 1.54) is 24.3 Å².